The summed E-state index contributed by atoms with van der Waals surface area (Å²) in [6.07, 6.45) is 8.91. The first-order chi connectivity index (χ1) is 13.2. The number of fused-ring (bicyclic) bond motifs is 1. The number of nitrogens with zero attached hydrogens (tertiary/aromatic N) is 4. The summed E-state index contributed by atoms with van der Waals surface area (Å²) >= 11 is 0. The molecule has 7 nitrogen and oxygen atoms in total. The second-order valence-corrected chi connectivity index (χ2v) is 8.24. The largest absolute Gasteiger partial charge is 0.351 e. The normalized spacial score (nSPS) is 25.0. The number of hydrogen-bond acceptors (Lipinski definition) is 3. The third kappa shape index (κ3) is 2.75. The monoisotopic (exact) mass is 369 g/mol. The number of carbonyl (C=O) groups excluding carboxylic acids is 1. The van der Waals surface area contributed by atoms with Gasteiger partial charge in [0.2, 0.25) is 0 Å². The van der Waals surface area contributed by atoms with Crippen LogP contribution >= 0.6 is 0 Å². The van der Waals surface area contributed by atoms with Crippen LogP contribution < -0.4 is 5.69 Å². The minimum absolute atomic E-state index is 0.0863. The number of amides is 1. The number of nitrogens with one attached hydrogen (secondary N) is 1. The maximum absolute atomic E-state index is 13.4. The number of carbonyl (C=O) groups is 1. The molecule has 0 radical (unpaired) electrons. The SMILES string of the molecule is CCn1c(C2C(C3CC3)CCN2C(=O)c2cc3n(c2)CCCC3)n[nH]c1=O. The number of likely N-dealkylation sites (tertiary alicyclic amines) is 1. The maximum Gasteiger partial charge on any atom is 0.343 e. The lowest BCUT2D eigenvalue weighted by molar-refractivity contribution is 0.0700. The van der Waals surface area contributed by atoms with Crippen molar-refractivity contribution in [2.24, 2.45) is 11.8 Å². The maximum atomic E-state index is 13.4. The molecule has 0 bridgehead atoms. The Kier molecular flexibility index (Phi) is 3.98. The molecule has 4 heterocycles. The van der Waals surface area contributed by atoms with Gasteiger partial charge in [-0.3, -0.25) is 9.36 Å². The Morgan fingerprint density at radius 2 is 2.11 bits per heavy atom. The average Bonchev–Trinajstić information content (AvgIpc) is 3.14. The Labute approximate surface area is 158 Å². The fraction of sp³-hybridized carbons (Fsp3) is 0.650. The van der Waals surface area contributed by atoms with Crippen molar-refractivity contribution in [2.75, 3.05) is 6.54 Å². The summed E-state index contributed by atoms with van der Waals surface area (Å²) in [5, 5.41) is 6.95. The molecule has 2 aromatic rings. The van der Waals surface area contributed by atoms with Gasteiger partial charge >= 0.3 is 5.69 Å². The van der Waals surface area contributed by atoms with E-state index in [1.165, 1.54) is 31.4 Å². The van der Waals surface area contributed by atoms with E-state index in [9.17, 15) is 9.59 Å². The van der Waals surface area contributed by atoms with Crippen molar-refractivity contribution in [3.63, 3.8) is 0 Å². The van der Waals surface area contributed by atoms with Crippen molar-refractivity contribution < 1.29 is 4.79 Å². The third-order valence-electron chi connectivity index (χ3n) is 6.62. The van der Waals surface area contributed by atoms with E-state index in [0.717, 1.165) is 37.3 Å². The van der Waals surface area contributed by atoms with E-state index < -0.39 is 0 Å². The fourth-order valence-corrected chi connectivity index (χ4v) is 5.10. The number of H-pyrrole nitrogens is 1. The van der Waals surface area contributed by atoms with Crippen molar-refractivity contribution in [3.05, 3.63) is 39.8 Å². The first kappa shape index (κ1) is 16.8. The molecule has 0 spiro atoms. The molecule has 2 fully saturated rings. The molecule has 1 N–H and O–H groups in total. The van der Waals surface area contributed by atoms with Crippen molar-refractivity contribution in [1.82, 2.24) is 24.2 Å². The summed E-state index contributed by atoms with van der Waals surface area (Å²) in [6, 6.07) is 1.97. The van der Waals surface area contributed by atoms with Crippen molar-refractivity contribution in [1.29, 1.82) is 0 Å². The van der Waals surface area contributed by atoms with Crippen LogP contribution in [-0.2, 0) is 19.5 Å². The summed E-state index contributed by atoms with van der Waals surface area (Å²) in [5.74, 6) is 1.89. The smallest absolute Gasteiger partial charge is 0.343 e. The van der Waals surface area contributed by atoms with Crippen LogP contribution in [-0.4, -0.2) is 36.7 Å². The lowest BCUT2D eigenvalue weighted by Gasteiger charge is -2.27. The molecule has 144 valence electrons. The average molecular weight is 369 g/mol. The van der Waals surface area contributed by atoms with Crippen molar-refractivity contribution >= 4 is 5.91 Å². The van der Waals surface area contributed by atoms with E-state index in [-0.39, 0.29) is 17.6 Å². The highest BCUT2D eigenvalue weighted by molar-refractivity contribution is 5.94. The molecule has 2 aromatic heterocycles. The summed E-state index contributed by atoms with van der Waals surface area (Å²) in [7, 11) is 0. The summed E-state index contributed by atoms with van der Waals surface area (Å²) < 4.78 is 3.92. The van der Waals surface area contributed by atoms with Crippen molar-refractivity contribution in [2.45, 2.75) is 64.6 Å². The van der Waals surface area contributed by atoms with Gasteiger partial charge in [-0.2, -0.15) is 5.10 Å². The number of aromatic amines is 1. The molecular formula is C20H27N5O2. The van der Waals surface area contributed by atoms with Crippen LogP contribution in [0.25, 0.3) is 0 Å². The number of aromatic nitrogens is 4. The number of rotatable bonds is 4. The minimum Gasteiger partial charge on any atom is -0.351 e. The van der Waals surface area contributed by atoms with Crippen LogP contribution in [0.2, 0.25) is 0 Å². The van der Waals surface area contributed by atoms with E-state index in [1.807, 2.05) is 18.0 Å². The van der Waals surface area contributed by atoms with Gasteiger partial charge in [0.05, 0.1) is 11.6 Å². The molecular weight excluding hydrogens is 342 g/mol. The van der Waals surface area contributed by atoms with Crippen molar-refractivity contribution in [3.8, 4) is 0 Å². The minimum atomic E-state index is -0.180. The molecule has 1 saturated carbocycles. The molecule has 0 aromatic carbocycles. The van der Waals surface area contributed by atoms with Gasteiger partial charge < -0.3 is 9.47 Å². The van der Waals surface area contributed by atoms with Crippen LogP contribution in [0.5, 0.6) is 0 Å². The van der Waals surface area contributed by atoms with E-state index in [0.29, 0.717) is 18.4 Å². The number of aryl methyl sites for hydroxylation is 2. The predicted octanol–water partition coefficient (Wildman–Crippen LogP) is 2.34. The van der Waals surface area contributed by atoms with Gasteiger partial charge in [-0.25, -0.2) is 9.89 Å². The van der Waals surface area contributed by atoms with Gasteiger partial charge in [-0.05, 0) is 63.4 Å². The van der Waals surface area contributed by atoms with Gasteiger partial charge in [0.15, 0.2) is 5.82 Å². The lowest BCUT2D eigenvalue weighted by Crippen LogP contribution is -2.35. The molecule has 1 aliphatic carbocycles. The lowest BCUT2D eigenvalue weighted by atomic mass is 9.94. The zero-order valence-electron chi connectivity index (χ0n) is 15.9. The molecule has 1 amide bonds. The first-order valence-electron chi connectivity index (χ1n) is 10.3. The van der Waals surface area contributed by atoms with Crippen LogP contribution in [0.3, 0.4) is 0 Å². The Bertz CT molecular complexity index is 896. The van der Waals surface area contributed by atoms with Crippen LogP contribution in [0.1, 0.15) is 66.9 Å². The van der Waals surface area contributed by atoms with E-state index in [4.69, 9.17) is 0 Å². The summed E-state index contributed by atoms with van der Waals surface area (Å²) in [6.45, 7) is 4.28. The first-order valence-corrected chi connectivity index (χ1v) is 10.3. The topological polar surface area (TPSA) is 75.9 Å². The third-order valence-corrected chi connectivity index (χ3v) is 6.62. The van der Waals surface area contributed by atoms with Gasteiger partial charge in [0.25, 0.3) is 5.91 Å². The predicted molar refractivity (Wildman–Crippen MR) is 101 cm³/mol. The highest BCUT2D eigenvalue weighted by atomic mass is 16.2. The molecule has 5 rings (SSSR count). The Morgan fingerprint density at radius 3 is 2.85 bits per heavy atom. The zero-order chi connectivity index (χ0) is 18.5. The fourth-order valence-electron chi connectivity index (χ4n) is 5.10. The Hall–Kier alpha value is -2.31. The second kappa shape index (κ2) is 6.39. The molecule has 2 unspecified atom stereocenters. The Balaban J connectivity index is 1.50. The zero-order valence-corrected chi connectivity index (χ0v) is 15.9. The van der Waals surface area contributed by atoms with Crippen LogP contribution in [0, 0.1) is 11.8 Å². The molecule has 27 heavy (non-hydrogen) atoms. The van der Waals surface area contributed by atoms with Gasteiger partial charge in [0.1, 0.15) is 0 Å². The van der Waals surface area contributed by atoms with Crippen LogP contribution in [0.15, 0.2) is 17.1 Å². The molecule has 7 heteroatoms. The standard InChI is InChI=1S/C20H27N5O2/c1-2-24-18(21-22-20(24)27)17-16(13-6-7-13)8-10-25(17)19(26)14-11-15-5-3-4-9-23(15)12-14/h11-13,16-17H,2-10H2,1H3,(H,22,27). The Morgan fingerprint density at radius 1 is 1.26 bits per heavy atom. The van der Waals surface area contributed by atoms with Gasteiger partial charge in [-0.1, -0.05) is 0 Å². The molecule has 3 aliphatic rings. The second-order valence-electron chi connectivity index (χ2n) is 8.24. The van der Waals surface area contributed by atoms with E-state index in [1.54, 1.807) is 4.57 Å². The summed E-state index contributed by atoms with van der Waals surface area (Å²) in [5.41, 5.74) is 1.87. The molecule has 2 aliphatic heterocycles. The summed E-state index contributed by atoms with van der Waals surface area (Å²) in [4.78, 5) is 27.5. The van der Waals surface area contributed by atoms with E-state index in [2.05, 4.69) is 20.8 Å². The van der Waals surface area contributed by atoms with Crippen LogP contribution in [0.4, 0.5) is 0 Å². The molecule has 2 atom stereocenters. The quantitative estimate of drug-likeness (QED) is 0.899. The van der Waals surface area contributed by atoms with Gasteiger partial charge in [-0.15, -0.1) is 0 Å². The van der Waals surface area contributed by atoms with Gasteiger partial charge in [0, 0.05) is 31.5 Å². The molecule has 1 saturated heterocycles. The highest BCUT2D eigenvalue weighted by Crippen LogP contribution is 2.50. The van der Waals surface area contributed by atoms with E-state index >= 15 is 0 Å². The number of hydrogen-bond donors (Lipinski definition) is 1. The highest BCUT2D eigenvalue weighted by Gasteiger charge is 2.47.